The highest BCUT2D eigenvalue weighted by molar-refractivity contribution is 6.36. The van der Waals surface area contributed by atoms with Crippen LogP contribution < -0.4 is 0 Å². The van der Waals surface area contributed by atoms with Gasteiger partial charge in [0.1, 0.15) is 0 Å². The molecule has 49 heavy (non-hydrogen) atoms. The number of nitrogens with zero attached hydrogens (tertiary/aromatic N) is 1. The molecule has 0 radical (unpaired) electrons. The third-order valence-corrected chi connectivity index (χ3v) is 11.2. The summed E-state index contributed by atoms with van der Waals surface area (Å²) >= 11 is 0. The minimum atomic E-state index is 1.18. The Kier molecular flexibility index (Phi) is 4.77. The highest BCUT2D eigenvalue weighted by Crippen LogP contribution is 2.52. The van der Waals surface area contributed by atoms with Gasteiger partial charge in [-0.25, -0.2) is 0 Å². The second kappa shape index (κ2) is 9.13. The van der Waals surface area contributed by atoms with Crippen LogP contribution in [0.25, 0.3) is 114 Å². The van der Waals surface area contributed by atoms with Gasteiger partial charge in [0, 0.05) is 27.2 Å². The third-order valence-electron chi connectivity index (χ3n) is 11.2. The standard InChI is InChI=1S/C48H27N/c1-2-14-31-29(12-1)30-13-3-5-18-35(30)42-26-28(24-25-37(31)42)49-47-41-23-11-22-38-33-16-4-6-19-36(33)43(45(38)41)27-44(47)46-39-20-9-7-15-32(39)34-17-8-10-21-40(34)48(46)49/h1-27H. The molecule has 0 saturated heterocycles. The maximum Gasteiger partial charge on any atom is 0.0626 e. The topological polar surface area (TPSA) is 4.93 Å². The summed E-state index contributed by atoms with van der Waals surface area (Å²) in [4.78, 5) is 0. The monoisotopic (exact) mass is 617 g/mol. The number of hydrogen-bond donors (Lipinski definition) is 0. The van der Waals surface area contributed by atoms with E-state index in [1.807, 2.05) is 0 Å². The third kappa shape index (κ3) is 3.16. The molecule has 1 nitrogen and oxygen atoms in total. The lowest BCUT2D eigenvalue weighted by Crippen LogP contribution is -1.96. The zero-order chi connectivity index (χ0) is 31.8. The number of fused-ring (bicyclic) bond motifs is 18. The SMILES string of the molecule is c1ccc2c(c1)-c1cccc3c1c-2cc1c2c4ccccc4c4ccccc4c2n(-c2ccc4c5ccccc5c5ccccc5c4c2)c31. The lowest BCUT2D eigenvalue weighted by molar-refractivity contribution is 1.20. The molecule has 0 fully saturated rings. The van der Waals surface area contributed by atoms with E-state index >= 15 is 0 Å². The molecule has 1 aliphatic rings. The molecule has 0 amide bonds. The second-order valence-electron chi connectivity index (χ2n) is 13.6. The highest BCUT2D eigenvalue weighted by atomic mass is 15.0. The first-order chi connectivity index (χ1) is 24.3. The van der Waals surface area contributed by atoms with Gasteiger partial charge in [0.25, 0.3) is 0 Å². The Hall–Kier alpha value is -6.44. The minimum Gasteiger partial charge on any atom is -0.308 e. The maximum atomic E-state index is 2.59. The van der Waals surface area contributed by atoms with Gasteiger partial charge in [0.05, 0.1) is 11.0 Å². The fourth-order valence-electron chi connectivity index (χ4n) is 9.32. The minimum absolute atomic E-state index is 1.18. The number of benzene rings is 10. The van der Waals surface area contributed by atoms with Crippen molar-refractivity contribution in [1.82, 2.24) is 4.57 Å². The van der Waals surface area contributed by atoms with E-state index in [2.05, 4.69) is 168 Å². The molecule has 11 aromatic rings. The Balaban J connectivity index is 1.35. The van der Waals surface area contributed by atoms with Crippen LogP contribution in [0, 0.1) is 0 Å². The molecule has 1 aliphatic carbocycles. The maximum absolute atomic E-state index is 2.59. The molecule has 0 bridgehead atoms. The summed E-state index contributed by atoms with van der Waals surface area (Å²) in [6.45, 7) is 0. The van der Waals surface area contributed by atoms with E-state index < -0.39 is 0 Å². The molecule has 10 aromatic carbocycles. The summed E-state index contributed by atoms with van der Waals surface area (Å²) in [6, 6.07) is 61.2. The van der Waals surface area contributed by atoms with Crippen molar-refractivity contribution in [2.75, 3.05) is 0 Å². The predicted octanol–water partition coefficient (Wildman–Crippen LogP) is 13.4. The van der Waals surface area contributed by atoms with Crippen LogP contribution in [0.1, 0.15) is 0 Å². The lowest BCUT2D eigenvalue weighted by Gasteiger charge is -2.16. The number of hydrogen-bond acceptors (Lipinski definition) is 0. The molecule has 1 aromatic heterocycles. The van der Waals surface area contributed by atoms with Crippen molar-refractivity contribution in [3.05, 3.63) is 164 Å². The van der Waals surface area contributed by atoms with Crippen LogP contribution in [0.5, 0.6) is 0 Å². The summed E-state index contributed by atoms with van der Waals surface area (Å²) in [5.74, 6) is 0. The number of rotatable bonds is 1. The fraction of sp³-hybridized carbons (Fsp3) is 0. The normalized spacial score (nSPS) is 12.5. The predicted molar refractivity (Wildman–Crippen MR) is 210 cm³/mol. The largest absolute Gasteiger partial charge is 0.308 e. The molecule has 1 heterocycles. The Morgan fingerprint density at radius 3 is 1.39 bits per heavy atom. The average molecular weight is 618 g/mol. The summed E-state index contributed by atoms with van der Waals surface area (Å²) in [5, 5.41) is 18.2. The summed E-state index contributed by atoms with van der Waals surface area (Å²) < 4.78 is 2.59. The van der Waals surface area contributed by atoms with Gasteiger partial charge in [-0.2, -0.15) is 0 Å². The Labute approximate surface area is 281 Å². The van der Waals surface area contributed by atoms with Crippen molar-refractivity contribution in [2.24, 2.45) is 0 Å². The van der Waals surface area contributed by atoms with Crippen molar-refractivity contribution in [2.45, 2.75) is 0 Å². The van der Waals surface area contributed by atoms with E-state index in [0.717, 1.165) is 0 Å². The Morgan fingerprint density at radius 2 is 0.714 bits per heavy atom. The van der Waals surface area contributed by atoms with E-state index in [9.17, 15) is 0 Å². The zero-order valence-electron chi connectivity index (χ0n) is 26.5. The molecule has 0 spiro atoms. The van der Waals surface area contributed by atoms with Gasteiger partial charge in [0.15, 0.2) is 0 Å². The first-order valence-corrected chi connectivity index (χ1v) is 17.1. The summed E-state index contributed by atoms with van der Waals surface area (Å²) in [5.41, 5.74) is 9.04. The molecular formula is C48H27N. The van der Waals surface area contributed by atoms with E-state index in [-0.39, 0.29) is 0 Å². The van der Waals surface area contributed by atoms with Gasteiger partial charge in [-0.1, -0.05) is 146 Å². The molecule has 0 aliphatic heterocycles. The highest BCUT2D eigenvalue weighted by Gasteiger charge is 2.27. The summed E-state index contributed by atoms with van der Waals surface area (Å²) in [6.07, 6.45) is 0. The summed E-state index contributed by atoms with van der Waals surface area (Å²) in [7, 11) is 0. The lowest BCUT2D eigenvalue weighted by atomic mass is 9.94. The van der Waals surface area contributed by atoms with Gasteiger partial charge in [0.2, 0.25) is 0 Å². The van der Waals surface area contributed by atoms with Gasteiger partial charge in [-0.3, -0.25) is 0 Å². The van der Waals surface area contributed by atoms with Crippen LogP contribution in [-0.4, -0.2) is 4.57 Å². The van der Waals surface area contributed by atoms with E-state index in [1.165, 1.54) is 114 Å². The molecule has 12 rings (SSSR count). The van der Waals surface area contributed by atoms with Crippen LogP contribution in [0.4, 0.5) is 0 Å². The van der Waals surface area contributed by atoms with Crippen LogP contribution >= 0.6 is 0 Å². The first-order valence-electron chi connectivity index (χ1n) is 17.1. The van der Waals surface area contributed by atoms with Gasteiger partial charge >= 0.3 is 0 Å². The van der Waals surface area contributed by atoms with Crippen LogP contribution in [-0.2, 0) is 0 Å². The van der Waals surface area contributed by atoms with Crippen LogP contribution in [0.2, 0.25) is 0 Å². The Bertz CT molecular complexity index is 3230. The quantitative estimate of drug-likeness (QED) is 0.162. The van der Waals surface area contributed by atoms with Gasteiger partial charge in [-0.15, -0.1) is 0 Å². The van der Waals surface area contributed by atoms with Crippen LogP contribution in [0.3, 0.4) is 0 Å². The van der Waals surface area contributed by atoms with E-state index in [1.54, 1.807) is 0 Å². The molecule has 0 atom stereocenters. The fourth-order valence-corrected chi connectivity index (χ4v) is 9.32. The average Bonchev–Trinajstić information content (AvgIpc) is 3.70. The van der Waals surface area contributed by atoms with Gasteiger partial charge in [-0.05, 0) is 94.3 Å². The van der Waals surface area contributed by atoms with Crippen molar-refractivity contribution < 1.29 is 0 Å². The first kappa shape index (κ1) is 25.6. The molecule has 0 N–H and O–H groups in total. The van der Waals surface area contributed by atoms with E-state index in [4.69, 9.17) is 0 Å². The molecule has 224 valence electrons. The van der Waals surface area contributed by atoms with Crippen molar-refractivity contribution >= 4 is 86.4 Å². The Morgan fingerprint density at radius 1 is 0.245 bits per heavy atom. The molecule has 1 heteroatoms. The smallest absolute Gasteiger partial charge is 0.0626 e. The van der Waals surface area contributed by atoms with Crippen molar-refractivity contribution in [1.29, 1.82) is 0 Å². The van der Waals surface area contributed by atoms with E-state index in [0.29, 0.717) is 0 Å². The van der Waals surface area contributed by atoms with Crippen molar-refractivity contribution in [3.8, 4) is 27.9 Å². The molecule has 0 saturated carbocycles. The van der Waals surface area contributed by atoms with Crippen molar-refractivity contribution in [3.63, 3.8) is 0 Å². The molecular weight excluding hydrogens is 591 g/mol. The zero-order valence-corrected chi connectivity index (χ0v) is 26.5. The second-order valence-corrected chi connectivity index (χ2v) is 13.6. The molecule has 0 unspecified atom stereocenters. The number of aromatic nitrogens is 1. The van der Waals surface area contributed by atoms with Gasteiger partial charge < -0.3 is 4.57 Å². The van der Waals surface area contributed by atoms with Crippen LogP contribution in [0.15, 0.2) is 164 Å².